The van der Waals surface area contributed by atoms with Crippen molar-refractivity contribution in [2.45, 2.75) is 56.7 Å². The first-order valence-corrected chi connectivity index (χ1v) is 7.95. The Morgan fingerprint density at radius 1 is 1.45 bits per heavy atom. The fourth-order valence-electron chi connectivity index (χ4n) is 3.87. The molecule has 2 fully saturated rings. The van der Waals surface area contributed by atoms with Crippen LogP contribution in [0.25, 0.3) is 0 Å². The second-order valence-electron chi connectivity index (χ2n) is 6.48. The molecular formula is C15H30N4O. The molecule has 1 heterocycles. The minimum Gasteiger partial charge on any atom is -0.368 e. The molecule has 3 unspecified atom stereocenters. The summed E-state index contributed by atoms with van der Waals surface area (Å²) in [7, 11) is 4.08. The summed E-state index contributed by atoms with van der Waals surface area (Å²) in [5.41, 5.74) is 5.16. The van der Waals surface area contributed by atoms with Crippen molar-refractivity contribution in [1.29, 1.82) is 0 Å². The second-order valence-corrected chi connectivity index (χ2v) is 6.48. The van der Waals surface area contributed by atoms with Crippen LogP contribution in [0.3, 0.4) is 0 Å². The van der Waals surface area contributed by atoms with Gasteiger partial charge >= 0.3 is 0 Å². The van der Waals surface area contributed by atoms with Gasteiger partial charge < -0.3 is 16.0 Å². The lowest BCUT2D eigenvalue weighted by atomic mass is 9.77. The highest BCUT2D eigenvalue weighted by Crippen LogP contribution is 2.32. The third-order valence-electron chi connectivity index (χ3n) is 5.47. The van der Waals surface area contributed by atoms with Gasteiger partial charge in [-0.1, -0.05) is 6.92 Å². The van der Waals surface area contributed by atoms with E-state index in [4.69, 9.17) is 5.73 Å². The van der Waals surface area contributed by atoms with Crippen LogP contribution in [0.1, 0.15) is 39.0 Å². The molecule has 1 saturated carbocycles. The number of nitrogens with one attached hydrogen (secondary N) is 1. The summed E-state index contributed by atoms with van der Waals surface area (Å²) < 4.78 is 0. The average Bonchev–Trinajstić information content (AvgIpc) is 2.47. The van der Waals surface area contributed by atoms with Crippen molar-refractivity contribution in [3.05, 3.63) is 0 Å². The molecule has 0 radical (unpaired) electrons. The molecule has 3 N–H and O–H groups in total. The highest BCUT2D eigenvalue weighted by Gasteiger charge is 2.42. The number of likely N-dealkylation sites (N-methyl/N-ethyl adjacent to an activating group) is 2. The van der Waals surface area contributed by atoms with E-state index >= 15 is 0 Å². The molecule has 5 heteroatoms. The van der Waals surface area contributed by atoms with E-state index in [0.29, 0.717) is 12.1 Å². The molecule has 0 aromatic carbocycles. The lowest BCUT2D eigenvalue weighted by molar-refractivity contribution is -0.126. The van der Waals surface area contributed by atoms with Crippen molar-refractivity contribution in [1.82, 2.24) is 15.1 Å². The molecule has 5 nitrogen and oxygen atoms in total. The zero-order valence-corrected chi connectivity index (χ0v) is 13.2. The summed E-state index contributed by atoms with van der Waals surface area (Å²) in [5.74, 6) is -0.189. The Morgan fingerprint density at radius 2 is 2.20 bits per heavy atom. The fourth-order valence-corrected chi connectivity index (χ4v) is 3.87. The molecule has 3 atom stereocenters. The van der Waals surface area contributed by atoms with Gasteiger partial charge in [0.1, 0.15) is 0 Å². The summed E-state index contributed by atoms with van der Waals surface area (Å²) in [6.45, 7) is 5.61. The molecule has 1 saturated heterocycles. The first kappa shape index (κ1) is 15.7. The maximum atomic E-state index is 11.8. The van der Waals surface area contributed by atoms with Crippen LogP contribution < -0.4 is 11.1 Å². The largest absolute Gasteiger partial charge is 0.368 e. The molecule has 0 spiro atoms. The van der Waals surface area contributed by atoms with E-state index in [9.17, 15) is 4.79 Å². The first-order valence-electron chi connectivity index (χ1n) is 7.95. The van der Waals surface area contributed by atoms with Crippen molar-refractivity contribution >= 4 is 5.91 Å². The van der Waals surface area contributed by atoms with Gasteiger partial charge in [-0.25, -0.2) is 0 Å². The Morgan fingerprint density at radius 3 is 2.80 bits per heavy atom. The summed E-state index contributed by atoms with van der Waals surface area (Å²) >= 11 is 0. The highest BCUT2D eigenvalue weighted by atomic mass is 16.1. The third kappa shape index (κ3) is 3.00. The number of nitrogens with two attached hydrogens (primary N) is 1. The Kier molecular flexibility index (Phi) is 5.04. The van der Waals surface area contributed by atoms with Gasteiger partial charge in [-0.3, -0.25) is 9.69 Å². The number of hydrogen-bond acceptors (Lipinski definition) is 4. The zero-order chi connectivity index (χ0) is 14.8. The lowest BCUT2D eigenvalue weighted by Crippen LogP contribution is -2.62. The van der Waals surface area contributed by atoms with Crippen LogP contribution in [0.15, 0.2) is 0 Å². The Bertz CT molecular complexity index is 349. The van der Waals surface area contributed by atoms with Crippen molar-refractivity contribution in [3.63, 3.8) is 0 Å². The van der Waals surface area contributed by atoms with E-state index < -0.39 is 5.54 Å². The molecule has 1 aliphatic carbocycles. The van der Waals surface area contributed by atoms with Gasteiger partial charge in [-0.15, -0.1) is 0 Å². The van der Waals surface area contributed by atoms with Gasteiger partial charge in [-0.2, -0.15) is 0 Å². The molecular weight excluding hydrogens is 252 g/mol. The lowest BCUT2D eigenvalue weighted by Gasteiger charge is -2.47. The normalized spacial score (nSPS) is 37.0. The van der Waals surface area contributed by atoms with Gasteiger partial charge in [0.2, 0.25) is 5.91 Å². The van der Waals surface area contributed by atoms with Crippen molar-refractivity contribution < 1.29 is 4.79 Å². The van der Waals surface area contributed by atoms with Crippen LogP contribution >= 0.6 is 0 Å². The van der Waals surface area contributed by atoms with Gasteiger partial charge in [0.25, 0.3) is 0 Å². The minimum absolute atomic E-state index is 0.189. The van der Waals surface area contributed by atoms with E-state index in [1.54, 1.807) is 0 Å². The average molecular weight is 282 g/mol. The van der Waals surface area contributed by atoms with Gasteiger partial charge in [0.15, 0.2) is 0 Å². The molecule has 1 amide bonds. The number of amides is 1. The van der Waals surface area contributed by atoms with Gasteiger partial charge in [0, 0.05) is 31.7 Å². The first-order chi connectivity index (χ1) is 9.52. The SMILES string of the molecule is CCC1CN(C2CCCC(NC)(C(N)=O)C2)CCN1C. The van der Waals surface area contributed by atoms with E-state index in [-0.39, 0.29) is 5.91 Å². The van der Waals surface area contributed by atoms with Crippen molar-refractivity contribution in [2.75, 3.05) is 33.7 Å². The zero-order valence-electron chi connectivity index (χ0n) is 13.2. The molecule has 20 heavy (non-hydrogen) atoms. The number of piperazine rings is 1. The standard InChI is InChI=1S/C15H30N4O/c1-4-12-11-19(9-8-18(12)3)13-6-5-7-15(10-13,17-2)14(16)20/h12-13,17H,4-11H2,1-3H3,(H2,16,20). The summed E-state index contributed by atoms with van der Waals surface area (Å²) in [5, 5.41) is 3.21. The van der Waals surface area contributed by atoms with Gasteiger partial charge in [0.05, 0.1) is 5.54 Å². The molecule has 1 aliphatic heterocycles. The number of nitrogens with zero attached hydrogens (tertiary/aromatic N) is 2. The Hall–Kier alpha value is -0.650. The van der Waals surface area contributed by atoms with E-state index in [1.807, 2.05) is 7.05 Å². The number of hydrogen-bond donors (Lipinski definition) is 2. The monoisotopic (exact) mass is 282 g/mol. The molecule has 0 aromatic rings. The van der Waals surface area contributed by atoms with Crippen LogP contribution in [0.4, 0.5) is 0 Å². The third-order valence-corrected chi connectivity index (χ3v) is 5.47. The molecule has 116 valence electrons. The summed E-state index contributed by atoms with van der Waals surface area (Å²) in [4.78, 5) is 16.9. The summed E-state index contributed by atoms with van der Waals surface area (Å²) in [6.07, 6.45) is 5.19. The van der Waals surface area contributed by atoms with Crippen molar-refractivity contribution in [3.8, 4) is 0 Å². The van der Waals surface area contributed by atoms with E-state index in [0.717, 1.165) is 38.9 Å². The van der Waals surface area contributed by atoms with E-state index in [1.165, 1.54) is 12.8 Å². The van der Waals surface area contributed by atoms with Crippen LogP contribution in [0, 0.1) is 0 Å². The maximum Gasteiger partial charge on any atom is 0.237 e. The maximum absolute atomic E-state index is 11.8. The minimum atomic E-state index is -0.492. The quantitative estimate of drug-likeness (QED) is 0.783. The fraction of sp³-hybridized carbons (Fsp3) is 0.933. The number of primary amides is 1. The predicted molar refractivity (Wildman–Crippen MR) is 81.5 cm³/mol. The van der Waals surface area contributed by atoms with Gasteiger partial charge in [-0.05, 0) is 46.2 Å². The molecule has 0 bridgehead atoms. The predicted octanol–water partition coefficient (Wildman–Crippen LogP) is 0.399. The topological polar surface area (TPSA) is 61.6 Å². The highest BCUT2D eigenvalue weighted by molar-refractivity contribution is 5.84. The van der Waals surface area contributed by atoms with Crippen LogP contribution in [-0.4, -0.2) is 67.1 Å². The number of carbonyl (C=O) groups is 1. The van der Waals surface area contributed by atoms with Crippen LogP contribution in [0.2, 0.25) is 0 Å². The molecule has 0 aromatic heterocycles. The van der Waals surface area contributed by atoms with Crippen LogP contribution in [0.5, 0.6) is 0 Å². The molecule has 2 aliphatic rings. The second kappa shape index (κ2) is 6.41. The number of carbonyl (C=O) groups excluding carboxylic acids is 1. The van der Waals surface area contributed by atoms with Crippen molar-refractivity contribution in [2.24, 2.45) is 5.73 Å². The summed E-state index contributed by atoms with van der Waals surface area (Å²) in [6, 6.07) is 1.13. The Balaban J connectivity index is 2.03. The molecule has 2 rings (SSSR count). The van der Waals surface area contributed by atoms with Crippen LogP contribution in [-0.2, 0) is 4.79 Å². The number of rotatable bonds is 4. The van der Waals surface area contributed by atoms with E-state index in [2.05, 4.69) is 29.1 Å². The smallest absolute Gasteiger partial charge is 0.237 e. The Labute approximate surface area is 122 Å².